The number of fused-ring (bicyclic) bond motifs is 1. The fourth-order valence-electron chi connectivity index (χ4n) is 6.27. The Morgan fingerprint density at radius 2 is 1.15 bits per heavy atom. The smallest absolute Gasteiger partial charge is 0.330 e. The van der Waals surface area contributed by atoms with E-state index in [0.29, 0.717) is 38.0 Å². The number of aromatic amines is 1. The van der Waals surface area contributed by atoms with Gasteiger partial charge in [0.25, 0.3) is 0 Å². The quantitative estimate of drug-likeness (QED) is 0.0217. The van der Waals surface area contributed by atoms with Crippen LogP contribution in [0.3, 0.4) is 0 Å². The average Bonchev–Trinajstić information content (AvgIpc) is 4.06. The summed E-state index contributed by atoms with van der Waals surface area (Å²) < 4.78 is 9.78. The molecule has 7 atom stereocenters. The van der Waals surface area contributed by atoms with Crippen molar-refractivity contribution in [3.8, 4) is 5.75 Å². The van der Waals surface area contributed by atoms with E-state index in [1.165, 1.54) is 0 Å². The first-order valence-corrected chi connectivity index (χ1v) is 23.7. The molecule has 0 unspecified atom stereocenters. The number of para-hydroxylation sites is 1. The third-order valence-electron chi connectivity index (χ3n) is 10.8. The van der Waals surface area contributed by atoms with E-state index < -0.39 is 78.0 Å². The summed E-state index contributed by atoms with van der Waals surface area (Å²) in [4.78, 5) is 89.9. The Balaban J connectivity index is 0.000000476. The highest BCUT2D eigenvalue weighted by atomic mass is 16.6. The number of hydrogen-bond donors (Lipinski definition) is 14. The number of esters is 3. The number of carbonyl (C=O) groups is 8. The number of unbranched alkanes of at least 4 members (excludes halogenated alkanes) is 1. The molecule has 1 saturated heterocycles. The predicted molar refractivity (Wildman–Crippen MR) is 275 cm³/mol. The molecule has 408 valence electrons. The molecule has 1 aromatic heterocycles. The monoisotopic (exact) mass is 1040 g/mol. The molecule has 0 saturated carbocycles. The van der Waals surface area contributed by atoms with E-state index >= 15 is 0 Å². The third kappa shape index (κ3) is 26.5. The van der Waals surface area contributed by atoms with Crippen molar-refractivity contribution in [2.75, 3.05) is 13.1 Å². The molecule has 4 aromatic rings. The largest absolute Gasteiger partial charge is 0.480 e. The maximum atomic E-state index is 11.8. The van der Waals surface area contributed by atoms with Crippen LogP contribution in [-0.4, -0.2) is 128 Å². The van der Waals surface area contributed by atoms with Crippen molar-refractivity contribution in [2.24, 2.45) is 51.8 Å². The molecular weight excluding hydrogens is 965 g/mol. The number of nitrogens with two attached hydrogens (primary N) is 8. The van der Waals surface area contributed by atoms with Gasteiger partial charge in [-0.15, -0.1) is 0 Å². The minimum absolute atomic E-state index is 0.0208. The molecule has 5 rings (SSSR count). The summed E-state index contributed by atoms with van der Waals surface area (Å²) in [5.41, 5.74) is 46.4. The molecule has 1 fully saturated rings. The molecule has 24 heteroatoms. The van der Waals surface area contributed by atoms with Gasteiger partial charge in [0, 0.05) is 29.9 Å². The number of benzene rings is 3. The number of carbonyl (C=O) groups excluding carboxylic acids is 4. The van der Waals surface area contributed by atoms with Crippen molar-refractivity contribution >= 4 is 58.6 Å². The number of carboxylic acid groups (broad SMARTS) is 4. The van der Waals surface area contributed by atoms with E-state index in [9.17, 15) is 38.4 Å². The second-order valence-corrected chi connectivity index (χ2v) is 17.4. The minimum Gasteiger partial charge on any atom is -0.480 e. The lowest BCUT2D eigenvalue weighted by molar-refractivity contribution is -0.162. The molecule has 3 aromatic carbocycles. The first-order valence-electron chi connectivity index (χ1n) is 23.7. The van der Waals surface area contributed by atoms with Crippen LogP contribution < -0.4 is 55.9 Å². The van der Waals surface area contributed by atoms with Gasteiger partial charge in [0.2, 0.25) is 5.91 Å². The topological polar surface area (TPSA) is 472 Å². The van der Waals surface area contributed by atoms with E-state index in [0.717, 1.165) is 53.4 Å². The lowest BCUT2D eigenvalue weighted by Gasteiger charge is -2.12. The van der Waals surface area contributed by atoms with Crippen LogP contribution in [0.2, 0.25) is 0 Å². The van der Waals surface area contributed by atoms with Crippen molar-refractivity contribution in [2.45, 2.75) is 120 Å². The van der Waals surface area contributed by atoms with E-state index in [-0.39, 0.29) is 37.2 Å². The van der Waals surface area contributed by atoms with E-state index in [1.54, 1.807) is 38.1 Å². The van der Waals surface area contributed by atoms with Crippen molar-refractivity contribution in [3.05, 3.63) is 102 Å². The number of rotatable bonds is 22. The van der Waals surface area contributed by atoms with Gasteiger partial charge in [0.15, 0.2) is 0 Å². The van der Waals surface area contributed by atoms with Gasteiger partial charge in [-0.25, -0.2) is 14.4 Å². The van der Waals surface area contributed by atoms with Crippen molar-refractivity contribution in [3.63, 3.8) is 0 Å². The molecule has 0 aliphatic carbocycles. The highest BCUT2D eigenvalue weighted by Gasteiger charge is 2.25. The van der Waals surface area contributed by atoms with Gasteiger partial charge in [-0.1, -0.05) is 80.9 Å². The zero-order chi connectivity index (χ0) is 55.9. The van der Waals surface area contributed by atoms with Gasteiger partial charge in [-0.05, 0) is 98.8 Å². The Bertz CT molecular complexity index is 2360. The van der Waals surface area contributed by atoms with Gasteiger partial charge in [0.05, 0.1) is 0 Å². The van der Waals surface area contributed by atoms with Crippen LogP contribution in [0.1, 0.15) is 75.5 Å². The number of H-pyrrole nitrogens is 1. The Hall–Kier alpha value is -7.16. The Kier molecular flexibility index (Phi) is 30.7. The predicted octanol–water partition coefficient (Wildman–Crippen LogP) is 0.221. The van der Waals surface area contributed by atoms with Crippen LogP contribution in [-0.2, 0) is 62.4 Å². The van der Waals surface area contributed by atoms with Crippen molar-refractivity contribution < 1.29 is 68.3 Å². The minimum atomic E-state index is -1.06. The van der Waals surface area contributed by atoms with Gasteiger partial charge >= 0.3 is 41.8 Å². The fraction of sp³-hybridized carbons (Fsp3) is 0.440. The number of aromatic nitrogens is 1. The second-order valence-electron chi connectivity index (χ2n) is 17.4. The molecule has 0 radical (unpaired) electrons. The highest BCUT2D eigenvalue weighted by Crippen LogP contribution is 2.19. The normalized spacial score (nSPS) is 14.9. The number of nitrogens with one attached hydrogen (secondary N) is 2. The van der Waals surface area contributed by atoms with Gasteiger partial charge in [-0.3, -0.25) is 24.0 Å². The average molecular weight is 1040 g/mol. The fourth-order valence-corrected chi connectivity index (χ4v) is 6.27. The van der Waals surface area contributed by atoms with Crippen LogP contribution in [0.5, 0.6) is 5.75 Å². The highest BCUT2D eigenvalue weighted by molar-refractivity contribution is 5.91. The molecule has 74 heavy (non-hydrogen) atoms. The molecule has 22 N–H and O–H groups in total. The summed E-state index contributed by atoms with van der Waals surface area (Å²) in [5.74, 6) is -6.00. The zero-order valence-corrected chi connectivity index (χ0v) is 41.7. The van der Waals surface area contributed by atoms with Crippen LogP contribution in [0.25, 0.3) is 10.9 Å². The van der Waals surface area contributed by atoms with Crippen LogP contribution >= 0.6 is 0 Å². The molecule has 1 aliphatic rings. The molecule has 1 aliphatic heterocycles. The number of aliphatic carboxylic acids is 4. The Labute approximate surface area is 428 Å². The van der Waals surface area contributed by atoms with Crippen molar-refractivity contribution in [1.29, 1.82) is 0 Å². The maximum absolute atomic E-state index is 11.8. The molecule has 2 heterocycles. The van der Waals surface area contributed by atoms with Gasteiger partial charge in [-0.2, -0.15) is 0 Å². The zero-order valence-electron chi connectivity index (χ0n) is 41.7. The van der Waals surface area contributed by atoms with Gasteiger partial charge < -0.3 is 86.1 Å². The molecule has 24 nitrogen and oxygen atoms in total. The van der Waals surface area contributed by atoms with Crippen molar-refractivity contribution in [1.82, 2.24) is 10.3 Å². The van der Waals surface area contributed by atoms with Gasteiger partial charge in [0.1, 0.15) is 48.0 Å². The Morgan fingerprint density at radius 3 is 1.62 bits per heavy atom. The summed E-state index contributed by atoms with van der Waals surface area (Å²) in [6.45, 7) is 4.90. The lowest BCUT2D eigenvalue weighted by atomic mass is 10.1. The second kappa shape index (κ2) is 35.1. The summed E-state index contributed by atoms with van der Waals surface area (Å²) >= 11 is 0. The van der Waals surface area contributed by atoms with Crippen LogP contribution in [0, 0.1) is 5.92 Å². The Morgan fingerprint density at radius 1 is 0.635 bits per heavy atom. The maximum Gasteiger partial charge on any atom is 0.330 e. The lowest BCUT2D eigenvalue weighted by Crippen LogP contribution is -2.40. The number of carboxylic acids is 4. The summed E-state index contributed by atoms with van der Waals surface area (Å²) in [7, 11) is 0. The summed E-state index contributed by atoms with van der Waals surface area (Å²) in [5, 5.41) is 38.3. The standard InChI is InChI=1S/C14H18N2O4.C11H22N4O4.C11H12N2O2.C9H11NO2.C5H11NO2/c15-11(13(17)18)8-9-3-5-10(6-4-9)20-14(19)12-2-1-7-16-12;12-6-2-1-3-7(13)10(17)19-11(18)8(14)4-5-9(15)16;12-9(11(14)15)5-7-6-13-10-4-2-1-3-8(7)10;10-8(9(11)12)6-7-4-2-1-3-5-7;1-3(2)4(6)5(7)8/h3-6,11-12,16H,1-2,7-8,15H2,(H,17,18);7-8H,1-6,12-14H2,(H2,15,16);1-4,6,9,13H,5,12H2,(H,14,15);1-5,8H,6,10H2,(H,11,12);3-4H,6H2,1-2H3,(H,7,8)/t11-,12-;7-,8-;9-;8-;4-/m00000/s1. The first kappa shape index (κ1) is 64.9. The van der Waals surface area contributed by atoms with E-state index in [1.807, 2.05) is 60.8 Å². The molecule has 0 spiro atoms. The number of ether oxygens (including phenoxy) is 2. The number of primary amides is 1. The van der Waals surface area contributed by atoms with E-state index in [4.69, 9.17) is 71.0 Å². The van der Waals surface area contributed by atoms with Crippen LogP contribution in [0.4, 0.5) is 0 Å². The van der Waals surface area contributed by atoms with Crippen LogP contribution in [0.15, 0.2) is 85.1 Å². The number of hydrogen-bond acceptors (Lipinski definition) is 18. The number of amides is 1. The summed E-state index contributed by atoms with van der Waals surface area (Å²) in [6, 6.07) is 18.4. The molecule has 1 amide bonds. The molecule has 0 bridgehead atoms. The SMILES string of the molecule is CC(C)[C@H](N)C(=O)O.NCCCC[C@H](N)C(=O)OC(=O)[C@@H](N)CCC(N)=O.N[C@@H](Cc1c[nH]c2ccccc12)C(=O)O.N[C@@H](Cc1ccc(OC(=O)[C@@H]2CCCN2)cc1)C(=O)O.N[C@@H](Cc1ccccc1)C(=O)O. The van der Waals surface area contributed by atoms with E-state index in [2.05, 4.69) is 15.0 Å². The third-order valence-corrected chi connectivity index (χ3v) is 10.8. The first-order chi connectivity index (χ1) is 34.9. The summed E-state index contributed by atoms with van der Waals surface area (Å²) in [6.07, 6.45) is 6.35. The molecular formula is C50H74N10O14.